The predicted molar refractivity (Wildman–Crippen MR) is 109 cm³/mol. The molecule has 29 heavy (non-hydrogen) atoms. The lowest BCUT2D eigenvalue weighted by Crippen LogP contribution is -2.12. The number of amides is 1. The normalized spacial score (nSPS) is 10.7. The smallest absolute Gasteiger partial charge is 0.268 e. The van der Waals surface area contributed by atoms with Crippen LogP contribution >= 0.6 is 11.3 Å². The van der Waals surface area contributed by atoms with E-state index in [-0.39, 0.29) is 24.2 Å². The van der Waals surface area contributed by atoms with Gasteiger partial charge in [0.2, 0.25) is 5.95 Å². The second-order valence-corrected chi connectivity index (χ2v) is 7.14. The first-order valence-electron chi connectivity index (χ1n) is 8.87. The molecule has 1 N–H and O–H groups in total. The first-order valence-corrected chi connectivity index (χ1v) is 9.75. The minimum absolute atomic E-state index is 0.168. The van der Waals surface area contributed by atoms with Crippen molar-refractivity contribution in [1.29, 1.82) is 0 Å². The Kier molecular flexibility index (Phi) is 5.62. The minimum Gasteiger partial charge on any atom is -0.489 e. The Labute approximate surface area is 170 Å². The van der Waals surface area contributed by atoms with Crippen LogP contribution < -0.4 is 10.1 Å². The Bertz CT molecular complexity index is 1110. The number of aromatic nitrogens is 3. The van der Waals surface area contributed by atoms with Crippen molar-refractivity contribution in [3.05, 3.63) is 94.2 Å². The van der Waals surface area contributed by atoms with E-state index in [4.69, 9.17) is 4.74 Å². The van der Waals surface area contributed by atoms with E-state index in [1.165, 1.54) is 28.4 Å². The van der Waals surface area contributed by atoms with Gasteiger partial charge in [-0.3, -0.25) is 10.1 Å². The number of anilines is 1. The van der Waals surface area contributed by atoms with E-state index in [1.54, 1.807) is 24.3 Å². The fourth-order valence-electron chi connectivity index (χ4n) is 2.65. The van der Waals surface area contributed by atoms with Crippen molar-refractivity contribution >= 4 is 23.2 Å². The van der Waals surface area contributed by atoms with Gasteiger partial charge in [-0.25, -0.2) is 14.1 Å². The van der Waals surface area contributed by atoms with Gasteiger partial charge in [-0.15, -0.1) is 16.4 Å². The Morgan fingerprint density at radius 2 is 1.93 bits per heavy atom. The Morgan fingerprint density at radius 1 is 1.14 bits per heavy atom. The molecular weight excluding hydrogens is 391 g/mol. The third-order valence-corrected chi connectivity index (χ3v) is 5.06. The molecule has 0 spiro atoms. The molecule has 146 valence electrons. The molecular formula is C21H17FN4O2S. The zero-order valence-electron chi connectivity index (χ0n) is 15.3. The fraction of sp³-hybridized carbons (Fsp3) is 0.0952. The molecule has 0 aliphatic heterocycles. The number of para-hydroxylation sites is 1. The average Bonchev–Trinajstić information content (AvgIpc) is 3.39. The van der Waals surface area contributed by atoms with E-state index in [1.807, 2.05) is 35.7 Å². The lowest BCUT2D eigenvalue weighted by Gasteiger charge is -2.03. The number of rotatable bonds is 7. The summed E-state index contributed by atoms with van der Waals surface area (Å²) in [5.74, 6) is 0.332. The number of hydrogen-bond donors (Lipinski definition) is 1. The van der Waals surface area contributed by atoms with E-state index in [9.17, 15) is 9.18 Å². The summed E-state index contributed by atoms with van der Waals surface area (Å²) in [6.07, 6.45) is 1.45. The fourth-order valence-corrected chi connectivity index (χ4v) is 3.44. The van der Waals surface area contributed by atoms with Gasteiger partial charge in [0, 0.05) is 11.1 Å². The molecule has 0 saturated carbocycles. The van der Waals surface area contributed by atoms with Crippen LogP contribution in [0.2, 0.25) is 0 Å². The van der Waals surface area contributed by atoms with Gasteiger partial charge in [0.1, 0.15) is 24.5 Å². The molecule has 2 heterocycles. The number of hydrogen-bond acceptors (Lipinski definition) is 5. The van der Waals surface area contributed by atoms with Crippen LogP contribution in [0.25, 0.3) is 0 Å². The number of benzene rings is 2. The molecule has 4 aromatic rings. The van der Waals surface area contributed by atoms with Crippen LogP contribution in [0.4, 0.5) is 10.3 Å². The van der Waals surface area contributed by atoms with Crippen molar-refractivity contribution in [2.45, 2.75) is 13.2 Å². The van der Waals surface area contributed by atoms with E-state index in [0.717, 1.165) is 11.3 Å². The highest BCUT2D eigenvalue weighted by atomic mass is 32.1. The van der Waals surface area contributed by atoms with Crippen molar-refractivity contribution in [1.82, 2.24) is 14.8 Å². The molecule has 1 amide bonds. The SMILES string of the molecule is O=C(Nc1ncn(Cc2ccccc2F)n1)c1cc(COc2ccccc2)cs1. The number of nitrogens with zero attached hydrogens (tertiary/aromatic N) is 3. The number of nitrogens with one attached hydrogen (secondary N) is 1. The van der Waals surface area contributed by atoms with Crippen molar-refractivity contribution in [2.24, 2.45) is 0 Å². The number of carbonyl (C=O) groups excluding carboxylic acids is 1. The summed E-state index contributed by atoms with van der Waals surface area (Å²) in [5, 5.41) is 8.72. The summed E-state index contributed by atoms with van der Waals surface area (Å²) in [7, 11) is 0. The molecule has 8 heteroatoms. The molecule has 0 aliphatic rings. The van der Waals surface area contributed by atoms with E-state index in [0.29, 0.717) is 17.0 Å². The molecule has 0 saturated heterocycles. The summed E-state index contributed by atoms with van der Waals surface area (Å²) >= 11 is 1.32. The summed E-state index contributed by atoms with van der Waals surface area (Å²) < 4.78 is 20.9. The highest BCUT2D eigenvalue weighted by Gasteiger charge is 2.13. The molecule has 0 bridgehead atoms. The van der Waals surface area contributed by atoms with Crippen molar-refractivity contribution in [2.75, 3.05) is 5.32 Å². The third-order valence-electron chi connectivity index (χ3n) is 4.08. The Morgan fingerprint density at radius 3 is 2.76 bits per heavy atom. The van der Waals surface area contributed by atoms with Gasteiger partial charge in [0.15, 0.2) is 0 Å². The molecule has 0 radical (unpaired) electrons. The highest BCUT2D eigenvalue weighted by Crippen LogP contribution is 2.19. The standard InChI is InChI=1S/C21H17FN4O2S/c22-18-9-5-4-6-16(18)11-26-14-23-21(25-26)24-20(27)19-10-15(13-29-19)12-28-17-7-2-1-3-8-17/h1-10,13-14H,11-12H2,(H,24,25,27). The summed E-state index contributed by atoms with van der Waals surface area (Å²) in [6.45, 7) is 0.610. The predicted octanol–water partition coefficient (Wildman–Crippen LogP) is 4.36. The molecule has 0 atom stereocenters. The van der Waals surface area contributed by atoms with Gasteiger partial charge in [0.25, 0.3) is 5.91 Å². The van der Waals surface area contributed by atoms with Gasteiger partial charge in [-0.2, -0.15) is 0 Å². The number of carbonyl (C=O) groups is 1. The first kappa shape index (κ1) is 18.8. The van der Waals surface area contributed by atoms with Crippen LogP contribution in [0.3, 0.4) is 0 Å². The van der Waals surface area contributed by atoms with Gasteiger partial charge in [0.05, 0.1) is 11.4 Å². The summed E-state index contributed by atoms with van der Waals surface area (Å²) in [4.78, 5) is 17.0. The maximum Gasteiger partial charge on any atom is 0.268 e. The van der Waals surface area contributed by atoms with Crippen LogP contribution in [-0.4, -0.2) is 20.7 Å². The van der Waals surface area contributed by atoms with Crippen LogP contribution in [0.1, 0.15) is 20.8 Å². The van der Waals surface area contributed by atoms with Crippen LogP contribution in [0, 0.1) is 5.82 Å². The van der Waals surface area contributed by atoms with Gasteiger partial charge in [-0.05, 0) is 29.6 Å². The topological polar surface area (TPSA) is 69.0 Å². The second kappa shape index (κ2) is 8.66. The van der Waals surface area contributed by atoms with Crippen LogP contribution in [0.15, 0.2) is 72.4 Å². The van der Waals surface area contributed by atoms with Gasteiger partial charge in [-0.1, -0.05) is 36.4 Å². The number of thiophene rings is 1. The highest BCUT2D eigenvalue weighted by molar-refractivity contribution is 7.12. The van der Waals surface area contributed by atoms with E-state index < -0.39 is 0 Å². The zero-order chi connectivity index (χ0) is 20.1. The van der Waals surface area contributed by atoms with Crippen LogP contribution in [0.5, 0.6) is 5.75 Å². The maximum absolute atomic E-state index is 13.7. The lowest BCUT2D eigenvalue weighted by molar-refractivity contribution is 0.102. The molecule has 4 rings (SSSR count). The van der Waals surface area contributed by atoms with Gasteiger partial charge < -0.3 is 4.74 Å². The summed E-state index contributed by atoms with van der Waals surface area (Å²) in [6, 6.07) is 17.7. The van der Waals surface area contributed by atoms with E-state index in [2.05, 4.69) is 15.4 Å². The largest absolute Gasteiger partial charge is 0.489 e. The molecule has 0 unspecified atom stereocenters. The number of ether oxygens (including phenoxy) is 1. The molecule has 2 aromatic heterocycles. The lowest BCUT2D eigenvalue weighted by atomic mass is 10.2. The van der Waals surface area contributed by atoms with Gasteiger partial charge >= 0.3 is 0 Å². The van der Waals surface area contributed by atoms with Crippen molar-refractivity contribution < 1.29 is 13.9 Å². The van der Waals surface area contributed by atoms with Crippen molar-refractivity contribution in [3.8, 4) is 5.75 Å². The zero-order valence-corrected chi connectivity index (χ0v) is 16.1. The third kappa shape index (κ3) is 4.85. The second-order valence-electron chi connectivity index (χ2n) is 6.23. The quantitative estimate of drug-likeness (QED) is 0.493. The maximum atomic E-state index is 13.7. The van der Waals surface area contributed by atoms with Crippen LogP contribution in [-0.2, 0) is 13.2 Å². The number of halogens is 1. The Balaban J connectivity index is 1.34. The molecule has 6 nitrogen and oxygen atoms in total. The first-order chi connectivity index (χ1) is 14.2. The molecule has 0 fully saturated rings. The Hall–Kier alpha value is -3.52. The molecule has 0 aliphatic carbocycles. The van der Waals surface area contributed by atoms with E-state index >= 15 is 0 Å². The monoisotopic (exact) mass is 408 g/mol. The molecule has 2 aromatic carbocycles. The summed E-state index contributed by atoms with van der Waals surface area (Å²) in [5.41, 5.74) is 1.40. The van der Waals surface area contributed by atoms with Crippen molar-refractivity contribution in [3.63, 3.8) is 0 Å². The minimum atomic E-state index is -0.308. The average molecular weight is 408 g/mol.